The highest BCUT2D eigenvalue weighted by Crippen LogP contribution is 2.47. The van der Waals surface area contributed by atoms with Crippen LogP contribution in [0.25, 0.3) is 33.6 Å². The van der Waals surface area contributed by atoms with Crippen molar-refractivity contribution in [2.45, 2.75) is 62.8 Å². The van der Waals surface area contributed by atoms with Crippen LogP contribution in [0.4, 0.5) is 0 Å². The SMILES string of the molecule is COc1nc(-c2cccc(-c3cccc(-c4cc5c(c(OC)n4)[C@@H](N4CC(O)C4)CC5)c3Cl)c2Cl)cc2c1[C@H](NC[C@@H]1CCC(=O)N1)CC2. The molecule has 9 nitrogen and oxygen atoms in total. The van der Waals surface area contributed by atoms with Crippen molar-refractivity contribution in [3.8, 4) is 45.4 Å². The predicted molar refractivity (Wildman–Crippen MR) is 190 cm³/mol. The number of benzene rings is 2. The van der Waals surface area contributed by atoms with Gasteiger partial charge in [-0.15, -0.1) is 0 Å². The van der Waals surface area contributed by atoms with Crippen LogP contribution in [0.3, 0.4) is 0 Å². The molecule has 2 fully saturated rings. The van der Waals surface area contributed by atoms with Crippen LogP contribution in [0.15, 0.2) is 48.5 Å². The Hall–Kier alpha value is -3.73. The van der Waals surface area contributed by atoms with E-state index in [0.29, 0.717) is 47.9 Å². The van der Waals surface area contributed by atoms with Crippen molar-refractivity contribution >= 4 is 29.1 Å². The number of aliphatic hydroxyl groups excluding tert-OH is 1. The summed E-state index contributed by atoms with van der Waals surface area (Å²) in [6.07, 6.45) is 4.88. The Bertz CT molecular complexity index is 1950. The molecule has 0 radical (unpaired) electrons. The predicted octanol–water partition coefficient (Wildman–Crippen LogP) is 6.32. The van der Waals surface area contributed by atoms with E-state index in [4.69, 9.17) is 42.6 Å². The van der Waals surface area contributed by atoms with Crippen LogP contribution in [0.2, 0.25) is 10.0 Å². The lowest BCUT2D eigenvalue weighted by atomic mass is 9.97. The Morgan fingerprint density at radius 2 is 1.41 bits per heavy atom. The number of hydrogen-bond acceptors (Lipinski definition) is 8. The van der Waals surface area contributed by atoms with Crippen molar-refractivity contribution < 1.29 is 19.4 Å². The molecule has 2 aliphatic carbocycles. The molecule has 3 atom stereocenters. The number of fused-ring (bicyclic) bond motifs is 2. The minimum atomic E-state index is -0.261. The molecule has 11 heteroatoms. The Labute approximate surface area is 296 Å². The van der Waals surface area contributed by atoms with Gasteiger partial charge in [0.2, 0.25) is 17.7 Å². The fourth-order valence-corrected chi connectivity index (χ4v) is 8.73. The fourth-order valence-electron chi connectivity index (χ4n) is 8.08. The molecule has 3 N–H and O–H groups in total. The second-order valence-corrected chi connectivity index (χ2v) is 14.2. The smallest absolute Gasteiger partial charge is 0.220 e. The molecule has 4 aromatic rings. The van der Waals surface area contributed by atoms with Gasteiger partial charge in [-0.25, -0.2) is 9.97 Å². The summed E-state index contributed by atoms with van der Waals surface area (Å²) in [6, 6.07) is 16.6. The molecule has 0 bridgehead atoms. The molecule has 49 heavy (non-hydrogen) atoms. The van der Waals surface area contributed by atoms with Crippen LogP contribution in [0, 0.1) is 0 Å². The highest BCUT2D eigenvalue weighted by atomic mass is 35.5. The first kappa shape index (κ1) is 32.5. The Kier molecular flexibility index (Phi) is 8.74. The Balaban J connectivity index is 1.10. The van der Waals surface area contributed by atoms with E-state index < -0.39 is 0 Å². The zero-order chi connectivity index (χ0) is 33.8. The van der Waals surface area contributed by atoms with Crippen molar-refractivity contribution in [3.63, 3.8) is 0 Å². The number of amides is 1. The Morgan fingerprint density at radius 3 is 1.98 bits per heavy atom. The van der Waals surface area contributed by atoms with Gasteiger partial charge in [-0.1, -0.05) is 59.6 Å². The maximum absolute atomic E-state index is 11.7. The van der Waals surface area contributed by atoms with Gasteiger partial charge in [0, 0.05) is 77.6 Å². The normalized spacial score (nSPS) is 21.7. The molecule has 254 valence electrons. The summed E-state index contributed by atoms with van der Waals surface area (Å²) in [4.78, 5) is 23.9. The highest BCUT2D eigenvalue weighted by molar-refractivity contribution is 6.39. The number of nitrogens with one attached hydrogen (secondary N) is 2. The summed E-state index contributed by atoms with van der Waals surface area (Å²) in [5.74, 6) is 1.31. The number of halogens is 2. The number of hydrogen-bond donors (Lipinski definition) is 3. The number of likely N-dealkylation sites (tertiary alicyclic amines) is 1. The summed E-state index contributed by atoms with van der Waals surface area (Å²) < 4.78 is 11.7. The van der Waals surface area contributed by atoms with Crippen LogP contribution in [-0.2, 0) is 17.6 Å². The third-order valence-electron chi connectivity index (χ3n) is 10.5. The molecule has 8 rings (SSSR count). The van der Waals surface area contributed by atoms with Crippen LogP contribution in [0.5, 0.6) is 11.8 Å². The number of ether oxygens (including phenoxy) is 2. The first-order valence-corrected chi connectivity index (χ1v) is 17.8. The summed E-state index contributed by atoms with van der Waals surface area (Å²) in [7, 11) is 3.31. The van der Waals surface area contributed by atoms with E-state index in [1.54, 1.807) is 14.2 Å². The van der Waals surface area contributed by atoms with E-state index in [0.717, 1.165) is 76.9 Å². The van der Waals surface area contributed by atoms with E-state index in [-0.39, 0.29) is 30.1 Å². The van der Waals surface area contributed by atoms with Crippen LogP contribution < -0.4 is 20.1 Å². The van der Waals surface area contributed by atoms with Crippen molar-refractivity contribution in [3.05, 3.63) is 80.8 Å². The van der Waals surface area contributed by atoms with Gasteiger partial charge in [0.25, 0.3) is 0 Å². The number of nitrogens with zero attached hydrogens (tertiary/aromatic N) is 3. The quantitative estimate of drug-likeness (QED) is 0.186. The molecular formula is C38H39Cl2N5O4. The maximum Gasteiger partial charge on any atom is 0.220 e. The summed E-state index contributed by atoms with van der Waals surface area (Å²) in [5.41, 5.74) is 9.27. The third-order valence-corrected chi connectivity index (χ3v) is 11.4. The van der Waals surface area contributed by atoms with E-state index >= 15 is 0 Å². The molecular weight excluding hydrogens is 661 g/mol. The number of aryl methyl sites for hydroxylation is 2. The summed E-state index contributed by atoms with van der Waals surface area (Å²) in [6.45, 7) is 2.07. The van der Waals surface area contributed by atoms with E-state index in [2.05, 4.69) is 27.7 Å². The van der Waals surface area contributed by atoms with Crippen molar-refractivity contribution in [2.75, 3.05) is 33.9 Å². The van der Waals surface area contributed by atoms with Crippen LogP contribution in [0.1, 0.15) is 60.0 Å². The molecule has 0 unspecified atom stereocenters. The molecule has 4 aliphatic rings. The zero-order valence-electron chi connectivity index (χ0n) is 27.6. The molecule has 0 spiro atoms. The van der Waals surface area contributed by atoms with Crippen LogP contribution >= 0.6 is 23.2 Å². The number of pyridine rings is 2. The molecule has 2 aliphatic heterocycles. The third kappa shape index (κ3) is 5.85. The van der Waals surface area contributed by atoms with Gasteiger partial charge in [-0.2, -0.15) is 0 Å². The zero-order valence-corrected chi connectivity index (χ0v) is 29.1. The molecule has 4 heterocycles. The Morgan fingerprint density at radius 1 is 0.837 bits per heavy atom. The van der Waals surface area contributed by atoms with Gasteiger partial charge in [0.1, 0.15) is 0 Å². The topological polar surface area (TPSA) is 109 Å². The van der Waals surface area contributed by atoms with Crippen molar-refractivity contribution in [2.24, 2.45) is 0 Å². The average molecular weight is 701 g/mol. The molecule has 2 saturated heterocycles. The summed E-state index contributed by atoms with van der Waals surface area (Å²) >= 11 is 14.4. The van der Waals surface area contributed by atoms with Crippen molar-refractivity contribution in [1.29, 1.82) is 0 Å². The van der Waals surface area contributed by atoms with Gasteiger partial charge in [-0.3, -0.25) is 9.69 Å². The van der Waals surface area contributed by atoms with E-state index in [9.17, 15) is 9.90 Å². The minimum Gasteiger partial charge on any atom is -0.481 e. The number of aromatic nitrogens is 2. The number of carbonyl (C=O) groups excluding carboxylic acids is 1. The van der Waals surface area contributed by atoms with Crippen LogP contribution in [-0.4, -0.2) is 71.9 Å². The second kappa shape index (κ2) is 13.2. The summed E-state index contributed by atoms with van der Waals surface area (Å²) in [5, 5.41) is 17.7. The van der Waals surface area contributed by atoms with Gasteiger partial charge in [0.05, 0.1) is 41.8 Å². The minimum absolute atomic E-state index is 0.105. The largest absolute Gasteiger partial charge is 0.481 e. The first-order valence-electron chi connectivity index (χ1n) is 17.0. The van der Waals surface area contributed by atoms with E-state index in [1.807, 2.05) is 36.4 Å². The number of carbonyl (C=O) groups is 1. The lowest BCUT2D eigenvalue weighted by Gasteiger charge is -2.40. The number of methoxy groups -OCH3 is 2. The fraction of sp³-hybridized carbons (Fsp3) is 0.395. The highest BCUT2D eigenvalue weighted by Gasteiger charge is 2.38. The maximum atomic E-state index is 11.7. The lowest BCUT2D eigenvalue weighted by molar-refractivity contribution is -0.119. The number of aliphatic hydroxyl groups is 1. The average Bonchev–Trinajstić information content (AvgIpc) is 3.83. The number of rotatable bonds is 9. The molecule has 1 amide bonds. The lowest BCUT2D eigenvalue weighted by Crippen LogP contribution is -2.51. The second-order valence-electron chi connectivity index (χ2n) is 13.5. The standard InChI is InChI=1S/C38H39Cl2N5O4/c1-48-37-33-20(9-12-28(33)41-17-22-11-14-32(47)42-22)15-29(43-37)26-7-3-5-24(35(26)39)25-6-4-8-27(36(25)40)30-16-21-10-13-31(45-18-23(46)19-45)34(21)38(44-30)49-2/h3-8,15-16,22-23,28,31,41,46H,9-14,17-19H2,1-2H3,(H,42,47)/t22-,28+,31-/m0/s1. The van der Waals surface area contributed by atoms with Gasteiger partial charge in [-0.05, 0) is 55.4 Å². The van der Waals surface area contributed by atoms with Crippen molar-refractivity contribution in [1.82, 2.24) is 25.5 Å². The van der Waals surface area contributed by atoms with Gasteiger partial charge < -0.3 is 25.2 Å². The van der Waals surface area contributed by atoms with E-state index in [1.165, 1.54) is 11.1 Å². The molecule has 2 aromatic heterocycles. The van der Waals surface area contributed by atoms with Gasteiger partial charge in [0.15, 0.2) is 0 Å². The number of β-amino-alcohol motifs (C(OH)–C–C–N with tert-alkyl or cyclic N) is 1. The first-order chi connectivity index (χ1) is 23.8. The monoisotopic (exact) mass is 699 g/mol. The van der Waals surface area contributed by atoms with Gasteiger partial charge >= 0.3 is 0 Å². The molecule has 2 aromatic carbocycles. The molecule has 0 saturated carbocycles.